The van der Waals surface area contributed by atoms with E-state index in [9.17, 15) is 18.8 Å². The second-order valence-corrected chi connectivity index (χ2v) is 8.07. The highest BCUT2D eigenvalue weighted by atomic mass is 19.1. The van der Waals surface area contributed by atoms with Crippen molar-refractivity contribution in [2.24, 2.45) is 5.92 Å². The summed E-state index contributed by atoms with van der Waals surface area (Å²) in [5.74, 6) is -0.397. The fourth-order valence-corrected chi connectivity index (χ4v) is 4.97. The Morgan fingerprint density at radius 2 is 1.75 bits per heavy atom. The lowest BCUT2D eigenvalue weighted by Crippen LogP contribution is -2.53. The highest BCUT2D eigenvalue weighted by Gasteiger charge is 2.45. The SMILES string of the molecule is CC1C(=O)N(CC(=O)N2CCCC3CCCCC32)C(=O)N1c1ccc(F)cc1. The quantitative estimate of drug-likeness (QED) is 0.749. The topological polar surface area (TPSA) is 60.9 Å². The van der Waals surface area contributed by atoms with Gasteiger partial charge in [-0.3, -0.25) is 19.4 Å². The number of hydrogen-bond acceptors (Lipinski definition) is 3. The molecule has 3 fully saturated rings. The van der Waals surface area contributed by atoms with E-state index >= 15 is 0 Å². The number of urea groups is 1. The maximum atomic E-state index is 13.2. The molecular formula is C21H26FN3O3. The molecule has 1 aromatic carbocycles. The third kappa shape index (κ3) is 3.27. The molecule has 1 aliphatic carbocycles. The van der Waals surface area contributed by atoms with E-state index in [2.05, 4.69) is 0 Å². The molecule has 1 saturated carbocycles. The van der Waals surface area contributed by atoms with Crippen LogP contribution < -0.4 is 4.90 Å². The number of nitrogens with zero attached hydrogens (tertiary/aromatic N) is 3. The van der Waals surface area contributed by atoms with Crippen LogP contribution >= 0.6 is 0 Å². The molecule has 4 amide bonds. The van der Waals surface area contributed by atoms with Gasteiger partial charge in [0.15, 0.2) is 0 Å². The number of halogens is 1. The first-order valence-corrected chi connectivity index (χ1v) is 10.2. The van der Waals surface area contributed by atoms with Crippen molar-refractivity contribution < 1.29 is 18.8 Å². The van der Waals surface area contributed by atoms with E-state index in [1.165, 1.54) is 35.6 Å². The van der Waals surface area contributed by atoms with E-state index in [-0.39, 0.29) is 24.4 Å². The fraction of sp³-hybridized carbons (Fsp3) is 0.571. The first kappa shape index (κ1) is 18.9. The summed E-state index contributed by atoms with van der Waals surface area (Å²) in [6, 6.07) is 4.46. The fourth-order valence-electron chi connectivity index (χ4n) is 4.97. The molecule has 2 heterocycles. The minimum Gasteiger partial charge on any atom is -0.338 e. The monoisotopic (exact) mass is 387 g/mol. The Balaban J connectivity index is 1.49. The third-order valence-corrected chi connectivity index (χ3v) is 6.41. The van der Waals surface area contributed by atoms with Gasteiger partial charge in [-0.1, -0.05) is 12.8 Å². The number of amides is 4. The van der Waals surface area contributed by atoms with Gasteiger partial charge in [0.2, 0.25) is 5.91 Å². The van der Waals surface area contributed by atoms with E-state index in [1.807, 2.05) is 4.90 Å². The number of carbonyl (C=O) groups excluding carboxylic acids is 3. The van der Waals surface area contributed by atoms with Crippen molar-refractivity contribution in [3.63, 3.8) is 0 Å². The van der Waals surface area contributed by atoms with Gasteiger partial charge < -0.3 is 4.90 Å². The van der Waals surface area contributed by atoms with Crippen molar-refractivity contribution in [3.05, 3.63) is 30.1 Å². The molecule has 28 heavy (non-hydrogen) atoms. The Labute approximate surface area is 164 Å². The molecule has 7 heteroatoms. The van der Waals surface area contributed by atoms with Crippen molar-refractivity contribution in [1.29, 1.82) is 0 Å². The summed E-state index contributed by atoms with van der Waals surface area (Å²) in [5, 5.41) is 0. The molecule has 6 nitrogen and oxygen atoms in total. The molecule has 2 aliphatic heterocycles. The number of rotatable bonds is 3. The lowest BCUT2D eigenvalue weighted by atomic mass is 9.78. The number of carbonyl (C=O) groups is 3. The zero-order chi connectivity index (χ0) is 19.8. The number of fused-ring (bicyclic) bond motifs is 1. The molecule has 2 saturated heterocycles. The van der Waals surface area contributed by atoms with Gasteiger partial charge in [0.05, 0.1) is 0 Å². The number of likely N-dealkylation sites (tertiary alicyclic amines) is 1. The first-order chi connectivity index (χ1) is 13.5. The Morgan fingerprint density at radius 3 is 2.50 bits per heavy atom. The summed E-state index contributed by atoms with van der Waals surface area (Å²) in [5.41, 5.74) is 0.451. The molecule has 3 unspecified atom stereocenters. The van der Waals surface area contributed by atoms with Crippen LogP contribution in [0.1, 0.15) is 45.4 Å². The Morgan fingerprint density at radius 1 is 1.07 bits per heavy atom. The van der Waals surface area contributed by atoms with Gasteiger partial charge in [0.25, 0.3) is 5.91 Å². The Bertz CT molecular complexity index is 780. The first-order valence-electron chi connectivity index (χ1n) is 10.2. The average Bonchev–Trinajstić information content (AvgIpc) is 2.91. The second-order valence-electron chi connectivity index (χ2n) is 8.07. The number of imide groups is 1. The molecule has 1 aromatic rings. The zero-order valence-corrected chi connectivity index (χ0v) is 16.1. The van der Waals surface area contributed by atoms with E-state index in [0.717, 1.165) is 37.0 Å². The van der Waals surface area contributed by atoms with Crippen LogP contribution in [0, 0.1) is 11.7 Å². The van der Waals surface area contributed by atoms with Gasteiger partial charge in [0.1, 0.15) is 18.4 Å². The number of benzene rings is 1. The minimum atomic E-state index is -0.713. The van der Waals surface area contributed by atoms with Gasteiger partial charge >= 0.3 is 6.03 Å². The Kier molecular flexibility index (Phi) is 5.08. The predicted molar refractivity (Wildman–Crippen MR) is 102 cm³/mol. The van der Waals surface area contributed by atoms with Crippen LogP contribution in [0.15, 0.2) is 24.3 Å². The average molecular weight is 387 g/mol. The van der Waals surface area contributed by atoms with Crippen LogP contribution in [0.25, 0.3) is 0 Å². The van der Waals surface area contributed by atoms with Crippen LogP contribution in [0.3, 0.4) is 0 Å². The lowest BCUT2D eigenvalue weighted by Gasteiger charge is -2.44. The third-order valence-electron chi connectivity index (χ3n) is 6.41. The van der Waals surface area contributed by atoms with Crippen molar-refractivity contribution in [2.45, 2.75) is 57.5 Å². The summed E-state index contributed by atoms with van der Waals surface area (Å²) >= 11 is 0. The second kappa shape index (κ2) is 7.53. The maximum Gasteiger partial charge on any atom is 0.332 e. The van der Waals surface area contributed by atoms with E-state index in [1.54, 1.807) is 6.92 Å². The largest absolute Gasteiger partial charge is 0.338 e. The van der Waals surface area contributed by atoms with E-state index in [0.29, 0.717) is 18.2 Å². The highest BCUT2D eigenvalue weighted by molar-refractivity contribution is 6.15. The zero-order valence-electron chi connectivity index (χ0n) is 16.1. The van der Waals surface area contributed by atoms with Crippen LogP contribution in [-0.4, -0.2) is 52.8 Å². The summed E-state index contributed by atoms with van der Waals surface area (Å²) in [6.45, 7) is 2.11. The molecule has 0 radical (unpaired) electrons. The molecule has 3 aliphatic rings. The molecule has 0 aromatic heterocycles. The summed E-state index contributed by atoms with van der Waals surface area (Å²) in [6.07, 6.45) is 6.65. The van der Waals surface area contributed by atoms with Crippen LogP contribution in [0.5, 0.6) is 0 Å². The van der Waals surface area contributed by atoms with Crippen molar-refractivity contribution >= 4 is 23.5 Å². The number of anilines is 1. The van der Waals surface area contributed by atoms with Crippen molar-refractivity contribution in [3.8, 4) is 0 Å². The van der Waals surface area contributed by atoms with Crippen molar-refractivity contribution in [2.75, 3.05) is 18.0 Å². The molecule has 150 valence electrons. The predicted octanol–water partition coefficient (Wildman–Crippen LogP) is 3.16. The van der Waals surface area contributed by atoms with Gasteiger partial charge in [0, 0.05) is 18.3 Å². The van der Waals surface area contributed by atoms with Crippen LogP contribution in [-0.2, 0) is 9.59 Å². The van der Waals surface area contributed by atoms with Crippen LogP contribution in [0.4, 0.5) is 14.9 Å². The molecule has 4 rings (SSSR count). The minimum absolute atomic E-state index is 0.147. The molecule has 0 N–H and O–H groups in total. The summed E-state index contributed by atoms with van der Waals surface area (Å²) in [4.78, 5) is 42.8. The Hall–Kier alpha value is -2.44. The van der Waals surface area contributed by atoms with E-state index in [4.69, 9.17) is 0 Å². The van der Waals surface area contributed by atoms with Crippen molar-refractivity contribution in [1.82, 2.24) is 9.80 Å². The number of hydrogen-bond donors (Lipinski definition) is 0. The normalized spacial score (nSPS) is 27.9. The van der Waals surface area contributed by atoms with Crippen LogP contribution in [0.2, 0.25) is 0 Å². The van der Waals surface area contributed by atoms with Gasteiger partial charge in [-0.15, -0.1) is 0 Å². The molecule has 0 bridgehead atoms. The van der Waals surface area contributed by atoms with Gasteiger partial charge in [-0.2, -0.15) is 0 Å². The van der Waals surface area contributed by atoms with E-state index < -0.39 is 17.9 Å². The smallest absolute Gasteiger partial charge is 0.332 e. The molecule has 3 atom stereocenters. The lowest BCUT2D eigenvalue weighted by molar-refractivity contribution is -0.141. The summed E-state index contributed by atoms with van der Waals surface area (Å²) in [7, 11) is 0. The highest BCUT2D eigenvalue weighted by Crippen LogP contribution is 2.35. The molecular weight excluding hydrogens is 361 g/mol. The van der Waals surface area contributed by atoms with Gasteiger partial charge in [-0.05, 0) is 62.8 Å². The standard InChI is InChI=1S/C21H26FN3O3/c1-14-20(27)24(21(28)25(14)17-10-8-16(22)9-11-17)13-19(26)23-12-4-6-15-5-2-3-7-18(15)23/h8-11,14-15,18H,2-7,12-13H2,1H3. The maximum absolute atomic E-state index is 13.2. The molecule has 0 spiro atoms. The number of piperidine rings is 1. The summed E-state index contributed by atoms with van der Waals surface area (Å²) < 4.78 is 13.2. The van der Waals surface area contributed by atoms with Gasteiger partial charge in [-0.25, -0.2) is 9.18 Å².